The van der Waals surface area contributed by atoms with E-state index in [0.29, 0.717) is 6.54 Å². The molecule has 0 radical (unpaired) electrons. The van der Waals surface area contributed by atoms with Crippen LogP contribution >= 0.6 is 22.9 Å². The molecule has 0 atom stereocenters. The molecule has 5 heteroatoms. The minimum absolute atomic E-state index is 0.465. The summed E-state index contributed by atoms with van der Waals surface area (Å²) in [6, 6.07) is 3.90. The molecule has 0 aliphatic heterocycles. The van der Waals surface area contributed by atoms with Crippen molar-refractivity contribution >= 4 is 28.9 Å². The number of carboxylic acids is 1. The Balaban J connectivity index is 1.68. The van der Waals surface area contributed by atoms with E-state index in [2.05, 4.69) is 5.32 Å². The molecule has 0 unspecified atom stereocenters. The molecule has 0 aromatic carbocycles. The Kier molecular flexibility index (Phi) is 3.52. The first kappa shape index (κ1) is 11.9. The van der Waals surface area contributed by atoms with E-state index in [0.717, 1.165) is 30.1 Å². The summed E-state index contributed by atoms with van der Waals surface area (Å²) in [5.74, 6) is -0.667. The molecular weight excluding hydrogens is 246 g/mol. The van der Waals surface area contributed by atoms with Gasteiger partial charge in [0, 0.05) is 11.4 Å². The van der Waals surface area contributed by atoms with E-state index in [1.807, 2.05) is 12.1 Å². The topological polar surface area (TPSA) is 49.3 Å². The van der Waals surface area contributed by atoms with Gasteiger partial charge in [-0.05, 0) is 37.9 Å². The van der Waals surface area contributed by atoms with Crippen molar-refractivity contribution < 1.29 is 9.90 Å². The van der Waals surface area contributed by atoms with E-state index in [-0.39, 0.29) is 0 Å². The molecule has 2 N–H and O–H groups in total. The second-order valence-electron chi connectivity index (χ2n) is 4.22. The van der Waals surface area contributed by atoms with E-state index < -0.39 is 11.4 Å². The molecule has 1 saturated carbocycles. The number of halogens is 1. The van der Waals surface area contributed by atoms with Crippen LogP contribution in [0.5, 0.6) is 0 Å². The summed E-state index contributed by atoms with van der Waals surface area (Å²) < 4.78 is 0.805. The first-order valence-corrected chi connectivity index (χ1v) is 6.50. The standard InChI is InChI=1S/C11H14ClNO2S/c12-9-2-1-8(16-9)3-6-13-7-11(4-5-11)10(14)15/h1-2,13H,3-7H2,(H,14,15). The van der Waals surface area contributed by atoms with Crippen molar-refractivity contribution in [2.24, 2.45) is 5.41 Å². The Morgan fingerprint density at radius 2 is 2.31 bits per heavy atom. The Morgan fingerprint density at radius 1 is 1.56 bits per heavy atom. The lowest BCUT2D eigenvalue weighted by molar-refractivity contribution is -0.143. The average Bonchev–Trinajstić information content (AvgIpc) is 2.92. The Hall–Kier alpha value is -0.580. The number of carboxylic acid groups (broad SMARTS) is 1. The third-order valence-electron chi connectivity index (χ3n) is 2.95. The highest BCUT2D eigenvalue weighted by atomic mass is 35.5. The number of thiophene rings is 1. The first-order valence-electron chi connectivity index (χ1n) is 5.31. The fourth-order valence-corrected chi connectivity index (χ4v) is 2.73. The van der Waals surface area contributed by atoms with Gasteiger partial charge in [-0.25, -0.2) is 0 Å². The highest BCUT2D eigenvalue weighted by Gasteiger charge is 2.49. The van der Waals surface area contributed by atoms with Crippen LogP contribution in [0.1, 0.15) is 17.7 Å². The summed E-state index contributed by atoms with van der Waals surface area (Å²) >= 11 is 7.39. The molecule has 1 aromatic rings. The molecular formula is C11H14ClNO2S. The molecule has 1 aromatic heterocycles. The monoisotopic (exact) mass is 259 g/mol. The highest BCUT2D eigenvalue weighted by molar-refractivity contribution is 7.16. The van der Waals surface area contributed by atoms with E-state index >= 15 is 0 Å². The van der Waals surface area contributed by atoms with Crippen molar-refractivity contribution in [2.75, 3.05) is 13.1 Å². The summed E-state index contributed by atoms with van der Waals surface area (Å²) in [4.78, 5) is 12.1. The maximum absolute atomic E-state index is 10.9. The summed E-state index contributed by atoms with van der Waals surface area (Å²) in [6.07, 6.45) is 2.52. The minimum Gasteiger partial charge on any atom is -0.481 e. The second-order valence-corrected chi connectivity index (χ2v) is 6.02. The zero-order valence-electron chi connectivity index (χ0n) is 8.83. The summed E-state index contributed by atoms with van der Waals surface area (Å²) in [7, 11) is 0. The van der Waals surface area contributed by atoms with Crippen molar-refractivity contribution in [3.63, 3.8) is 0 Å². The average molecular weight is 260 g/mol. The van der Waals surface area contributed by atoms with Crippen LogP contribution in [0.2, 0.25) is 4.34 Å². The van der Waals surface area contributed by atoms with Gasteiger partial charge in [-0.1, -0.05) is 11.6 Å². The first-order chi connectivity index (χ1) is 7.62. The molecule has 0 spiro atoms. The molecule has 1 fully saturated rings. The van der Waals surface area contributed by atoms with Crippen molar-refractivity contribution in [3.05, 3.63) is 21.3 Å². The fourth-order valence-electron chi connectivity index (χ4n) is 1.64. The van der Waals surface area contributed by atoms with Crippen molar-refractivity contribution in [2.45, 2.75) is 19.3 Å². The third-order valence-corrected chi connectivity index (χ3v) is 4.24. The molecule has 3 nitrogen and oxygen atoms in total. The van der Waals surface area contributed by atoms with Gasteiger partial charge in [0.15, 0.2) is 0 Å². The minimum atomic E-state index is -0.667. The van der Waals surface area contributed by atoms with Crippen molar-refractivity contribution in [3.8, 4) is 0 Å². The molecule has 88 valence electrons. The third kappa shape index (κ3) is 2.75. The molecule has 0 amide bonds. The SMILES string of the molecule is O=C(O)C1(CNCCc2ccc(Cl)s2)CC1. The molecule has 1 aliphatic carbocycles. The van der Waals surface area contributed by atoms with Gasteiger partial charge in [0.1, 0.15) is 0 Å². The normalized spacial score (nSPS) is 17.3. The van der Waals surface area contributed by atoms with Gasteiger partial charge in [-0.3, -0.25) is 4.79 Å². The van der Waals surface area contributed by atoms with E-state index in [4.69, 9.17) is 16.7 Å². The van der Waals surface area contributed by atoms with Crippen LogP contribution in [-0.4, -0.2) is 24.2 Å². The molecule has 2 rings (SSSR count). The fraction of sp³-hybridized carbons (Fsp3) is 0.545. The van der Waals surface area contributed by atoms with Crippen LogP contribution in [0.4, 0.5) is 0 Å². The van der Waals surface area contributed by atoms with Crippen LogP contribution < -0.4 is 5.32 Å². The van der Waals surface area contributed by atoms with Gasteiger partial charge < -0.3 is 10.4 Å². The van der Waals surface area contributed by atoms with Gasteiger partial charge in [0.25, 0.3) is 0 Å². The number of hydrogen-bond acceptors (Lipinski definition) is 3. The van der Waals surface area contributed by atoms with E-state index in [1.165, 1.54) is 4.88 Å². The summed E-state index contributed by atoms with van der Waals surface area (Å²) in [6.45, 7) is 1.40. The maximum atomic E-state index is 10.9. The zero-order valence-corrected chi connectivity index (χ0v) is 10.4. The predicted octanol–water partition coefficient (Wildman–Crippen LogP) is 2.40. The lowest BCUT2D eigenvalue weighted by atomic mass is 10.1. The molecule has 0 saturated heterocycles. The number of nitrogens with one attached hydrogen (secondary N) is 1. The van der Waals surface area contributed by atoms with E-state index in [9.17, 15) is 4.79 Å². The number of hydrogen-bond donors (Lipinski definition) is 2. The molecule has 16 heavy (non-hydrogen) atoms. The molecule has 1 heterocycles. The van der Waals surface area contributed by atoms with Crippen LogP contribution in [0.15, 0.2) is 12.1 Å². The van der Waals surface area contributed by atoms with Gasteiger partial charge >= 0.3 is 5.97 Å². The van der Waals surface area contributed by atoms with Gasteiger partial charge in [0.05, 0.1) is 9.75 Å². The van der Waals surface area contributed by atoms with Crippen molar-refractivity contribution in [1.82, 2.24) is 5.32 Å². The second kappa shape index (κ2) is 4.73. The van der Waals surface area contributed by atoms with Gasteiger partial charge in [0.2, 0.25) is 0 Å². The zero-order chi connectivity index (χ0) is 11.6. The van der Waals surface area contributed by atoms with Gasteiger partial charge in [-0.15, -0.1) is 11.3 Å². The van der Waals surface area contributed by atoms with Gasteiger partial charge in [-0.2, -0.15) is 0 Å². The largest absolute Gasteiger partial charge is 0.481 e. The number of rotatable bonds is 6. The van der Waals surface area contributed by atoms with Crippen molar-refractivity contribution in [1.29, 1.82) is 0 Å². The van der Waals surface area contributed by atoms with E-state index in [1.54, 1.807) is 11.3 Å². The lowest BCUT2D eigenvalue weighted by Crippen LogP contribution is -2.31. The predicted molar refractivity (Wildman–Crippen MR) is 65.2 cm³/mol. The Morgan fingerprint density at radius 3 is 2.81 bits per heavy atom. The molecule has 1 aliphatic rings. The van der Waals surface area contributed by atoms with Crippen LogP contribution in [0, 0.1) is 5.41 Å². The summed E-state index contributed by atoms with van der Waals surface area (Å²) in [5.41, 5.74) is -0.465. The smallest absolute Gasteiger partial charge is 0.310 e. The number of carbonyl (C=O) groups is 1. The van der Waals surface area contributed by atoms with Crippen LogP contribution in [0.25, 0.3) is 0 Å². The number of aliphatic carboxylic acids is 1. The maximum Gasteiger partial charge on any atom is 0.310 e. The molecule has 0 bridgehead atoms. The van der Waals surface area contributed by atoms with Crippen LogP contribution in [-0.2, 0) is 11.2 Å². The Labute approximate surface area is 103 Å². The summed E-state index contributed by atoms with van der Waals surface area (Å²) in [5, 5.41) is 12.2. The lowest BCUT2D eigenvalue weighted by Gasteiger charge is -2.10. The van der Waals surface area contributed by atoms with Crippen LogP contribution in [0.3, 0.4) is 0 Å². The highest BCUT2D eigenvalue weighted by Crippen LogP contribution is 2.45. The quantitative estimate of drug-likeness (QED) is 0.772. The Bertz CT molecular complexity index is 387.